The topological polar surface area (TPSA) is 51.8 Å². The molecule has 0 aromatic carbocycles. The molecule has 16 heavy (non-hydrogen) atoms. The first-order chi connectivity index (χ1) is 7.70. The Bertz CT molecular complexity index is 350. The fourth-order valence-electron chi connectivity index (χ4n) is 1.89. The molecule has 88 valence electrons. The zero-order valence-electron chi connectivity index (χ0n) is 9.64. The van der Waals surface area contributed by atoms with E-state index in [2.05, 4.69) is 16.9 Å². The Kier molecular flexibility index (Phi) is 3.97. The first-order valence-electron chi connectivity index (χ1n) is 5.55. The highest BCUT2D eigenvalue weighted by molar-refractivity contribution is 8.06. The Morgan fingerprint density at radius 2 is 2.12 bits per heavy atom. The summed E-state index contributed by atoms with van der Waals surface area (Å²) >= 11 is 4.00. The van der Waals surface area contributed by atoms with Crippen LogP contribution in [0.15, 0.2) is 6.07 Å². The molecule has 3 nitrogen and oxygen atoms in total. The molecular weight excluding hydrogens is 238 g/mol. The molecule has 0 saturated carbocycles. The Labute approximate surface area is 105 Å². The van der Waals surface area contributed by atoms with Crippen LogP contribution in [0.1, 0.15) is 30.1 Å². The predicted molar refractivity (Wildman–Crippen MR) is 72.9 cm³/mol. The summed E-state index contributed by atoms with van der Waals surface area (Å²) in [6.07, 6.45) is 1.17. The second kappa shape index (κ2) is 5.27. The quantitative estimate of drug-likeness (QED) is 0.880. The molecule has 2 atom stereocenters. The van der Waals surface area contributed by atoms with Gasteiger partial charge in [-0.15, -0.1) is 11.8 Å². The second-order valence-corrected chi connectivity index (χ2v) is 6.50. The molecule has 0 aliphatic carbocycles. The summed E-state index contributed by atoms with van der Waals surface area (Å²) < 4.78 is 0. The molecule has 1 aromatic heterocycles. The fraction of sp³-hybridized carbons (Fsp3) is 0.636. The molecule has 2 rings (SSSR count). The molecule has 1 aliphatic rings. The van der Waals surface area contributed by atoms with Crippen LogP contribution in [-0.2, 0) is 0 Å². The first kappa shape index (κ1) is 12.0. The van der Waals surface area contributed by atoms with E-state index in [1.165, 1.54) is 17.9 Å². The third-order valence-corrected chi connectivity index (χ3v) is 5.84. The van der Waals surface area contributed by atoms with Crippen LogP contribution in [0, 0.1) is 6.92 Å². The third kappa shape index (κ3) is 2.63. The Hall–Kier alpha value is -0.420. The summed E-state index contributed by atoms with van der Waals surface area (Å²) in [7, 11) is 0. The second-order valence-electron chi connectivity index (χ2n) is 3.90. The van der Waals surface area contributed by atoms with Gasteiger partial charge in [0.25, 0.3) is 0 Å². The number of nitrogens with two attached hydrogens (primary N) is 1. The van der Waals surface area contributed by atoms with E-state index in [4.69, 9.17) is 5.73 Å². The minimum Gasteiger partial charge on any atom is -0.384 e. The van der Waals surface area contributed by atoms with Crippen molar-refractivity contribution in [2.75, 3.05) is 17.2 Å². The van der Waals surface area contributed by atoms with Crippen molar-refractivity contribution in [1.29, 1.82) is 0 Å². The molecule has 0 amide bonds. The standard InChI is InChI=1S/C11H17N3S2/c1-3-8-10(16-5-4-15-8)11-13-7(2)6-9(12)14-11/h6,8,10H,3-5H2,1-2H3,(H2,12,13,14). The summed E-state index contributed by atoms with van der Waals surface area (Å²) in [5.74, 6) is 3.93. The maximum atomic E-state index is 5.79. The largest absolute Gasteiger partial charge is 0.384 e. The molecule has 5 heteroatoms. The number of thioether (sulfide) groups is 2. The van der Waals surface area contributed by atoms with Crippen LogP contribution in [0.3, 0.4) is 0 Å². The minimum atomic E-state index is 0.408. The van der Waals surface area contributed by atoms with Crippen molar-refractivity contribution in [2.24, 2.45) is 0 Å². The van der Waals surface area contributed by atoms with Crippen LogP contribution in [-0.4, -0.2) is 26.7 Å². The Balaban J connectivity index is 2.26. The molecule has 2 N–H and O–H groups in total. The normalized spacial score (nSPS) is 25.6. The minimum absolute atomic E-state index is 0.408. The maximum Gasteiger partial charge on any atom is 0.145 e. The highest BCUT2D eigenvalue weighted by Gasteiger charge is 2.28. The first-order valence-corrected chi connectivity index (χ1v) is 7.64. The lowest BCUT2D eigenvalue weighted by molar-refractivity contribution is 0.747. The number of aromatic nitrogens is 2. The van der Waals surface area contributed by atoms with Gasteiger partial charge in [0, 0.05) is 28.5 Å². The lowest BCUT2D eigenvalue weighted by atomic mass is 10.2. The zero-order valence-corrected chi connectivity index (χ0v) is 11.3. The highest BCUT2D eigenvalue weighted by atomic mass is 32.2. The van der Waals surface area contributed by atoms with Gasteiger partial charge in [-0.05, 0) is 13.3 Å². The SMILES string of the molecule is CCC1SCCSC1c1nc(C)cc(N)n1. The van der Waals surface area contributed by atoms with Crippen LogP contribution in [0.2, 0.25) is 0 Å². The molecule has 1 aromatic rings. The summed E-state index contributed by atoms with van der Waals surface area (Å²) in [5, 5.41) is 1.03. The van der Waals surface area contributed by atoms with Crippen molar-refractivity contribution in [1.82, 2.24) is 9.97 Å². The van der Waals surface area contributed by atoms with Crippen LogP contribution in [0.4, 0.5) is 5.82 Å². The monoisotopic (exact) mass is 255 g/mol. The predicted octanol–water partition coefficient (Wildman–Crippen LogP) is 2.67. The van der Waals surface area contributed by atoms with Crippen LogP contribution in [0.5, 0.6) is 0 Å². The molecule has 0 spiro atoms. The smallest absolute Gasteiger partial charge is 0.145 e. The lowest BCUT2D eigenvalue weighted by Crippen LogP contribution is -2.21. The molecule has 0 radical (unpaired) electrons. The van der Waals surface area contributed by atoms with E-state index in [1.54, 1.807) is 0 Å². The number of rotatable bonds is 2. The van der Waals surface area contributed by atoms with Crippen molar-refractivity contribution in [3.05, 3.63) is 17.6 Å². The fourth-order valence-corrected chi connectivity index (χ4v) is 4.88. The van der Waals surface area contributed by atoms with E-state index in [9.17, 15) is 0 Å². The number of nitrogen functional groups attached to an aromatic ring is 1. The van der Waals surface area contributed by atoms with Gasteiger partial charge in [-0.3, -0.25) is 0 Å². The molecule has 0 bridgehead atoms. The van der Waals surface area contributed by atoms with Gasteiger partial charge in [-0.25, -0.2) is 9.97 Å². The van der Waals surface area contributed by atoms with Gasteiger partial charge in [0.1, 0.15) is 11.6 Å². The van der Waals surface area contributed by atoms with Gasteiger partial charge in [-0.1, -0.05) is 6.92 Å². The molecule has 1 saturated heterocycles. The number of aryl methyl sites for hydroxylation is 1. The third-order valence-electron chi connectivity index (χ3n) is 2.60. The highest BCUT2D eigenvalue weighted by Crippen LogP contribution is 2.42. The lowest BCUT2D eigenvalue weighted by Gasteiger charge is -2.28. The van der Waals surface area contributed by atoms with Crippen LogP contribution < -0.4 is 5.73 Å². The summed E-state index contributed by atoms with van der Waals surface area (Å²) in [4.78, 5) is 8.92. The number of anilines is 1. The van der Waals surface area contributed by atoms with E-state index in [1.807, 2.05) is 36.5 Å². The summed E-state index contributed by atoms with van der Waals surface area (Å²) in [6.45, 7) is 4.21. The summed E-state index contributed by atoms with van der Waals surface area (Å²) in [5.41, 5.74) is 6.75. The van der Waals surface area contributed by atoms with Gasteiger partial charge >= 0.3 is 0 Å². The maximum absolute atomic E-state index is 5.79. The Morgan fingerprint density at radius 3 is 2.81 bits per heavy atom. The number of hydrogen-bond donors (Lipinski definition) is 1. The van der Waals surface area contributed by atoms with Gasteiger partial charge < -0.3 is 5.73 Å². The van der Waals surface area contributed by atoms with Crippen molar-refractivity contribution >= 4 is 29.3 Å². The van der Waals surface area contributed by atoms with Crippen molar-refractivity contribution in [2.45, 2.75) is 30.8 Å². The van der Waals surface area contributed by atoms with Crippen molar-refractivity contribution in [3.63, 3.8) is 0 Å². The average molecular weight is 255 g/mol. The van der Waals surface area contributed by atoms with Crippen LogP contribution in [0.25, 0.3) is 0 Å². The van der Waals surface area contributed by atoms with Gasteiger partial charge in [-0.2, -0.15) is 11.8 Å². The molecule has 2 heterocycles. The average Bonchev–Trinajstić information content (AvgIpc) is 2.27. The van der Waals surface area contributed by atoms with E-state index >= 15 is 0 Å². The molecule has 1 aliphatic heterocycles. The van der Waals surface area contributed by atoms with Crippen molar-refractivity contribution < 1.29 is 0 Å². The van der Waals surface area contributed by atoms with Crippen molar-refractivity contribution in [3.8, 4) is 0 Å². The number of nitrogens with zero attached hydrogens (tertiary/aromatic N) is 2. The van der Waals surface area contributed by atoms with Gasteiger partial charge in [0.2, 0.25) is 0 Å². The summed E-state index contributed by atoms with van der Waals surface area (Å²) in [6, 6.07) is 1.82. The molecule has 1 fully saturated rings. The van der Waals surface area contributed by atoms with Gasteiger partial charge in [0.15, 0.2) is 0 Å². The molecular formula is C11H17N3S2. The van der Waals surface area contributed by atoms with E-state index < -0.39 is 0 Å². The van der Waals surface area contributed by atoms with Crippen LogP contribution >= 0.6 is 23.5 Å². The van der Waals surface area contributed by atoms with E-state index in [-0.39, 0.29) is 0 Å². The van der Waals surface area contributed by atoms with E-state index in [0.717, 1.165) is 11.5 Å². The number of hydrogen-bond acceptors (Lipinski definition) is 5. The Morgan fingerprint density at radius 1 is 1.38 bits per heavy atom. The zero-order chi connectivity index (χ0) is 11.5. The van der Waals surface area contributed by atoms with Gasteiger partial charge in [0.05, 0.1) is 5.25 Å². The molecule has 2 unspecified atom stereocenters. The van der Waals surface area contributed by atoms with E-state index in [0.29, 0.717) is 16.3 Å².